The highest BCUT2D eigenvalue weighted by Crippen LogP contribution is 2.28. The van der Waals surface area contributed by atoms with Crippen LogP contribution in [0.4, 0.5) is 0 Å². The van der Waals surface area contributed by atoms with Crippen LogP contribution in [-0.4, -0.2) is 35.9 Å². The van der Waals surface area contributed by atoms with Gasteiger partial charge in [-0.15, -0.1) is 0 Å². The van der Waals surface area contributed by atoms with Gasteiger partial charge in [-0.2, -0.15) is 0 Å². The zero-order valence-corrected chi connectivity index (χ0v) is 10.6. The van der Waals surface area contributed by atoms with Gasteiger partial charge in [0.05, 0.1) is 19.8 Å². The third-order valence-corrected chi connectivity index (χ3v) is 3.31. The quantitative estimate of drug-likeness (QED) is 0.885. The monoisotopic (exact) mass is 261 g/mol. The molecule has 0 aliphatic carbocycles. The van der Waals surface area contributed by atoms with E-state index in [9.17, 15) is 4.79 Å². The number of carboxylic acid groups (broad SMARTS) is 1. The summed E-state index contributed by atoms with van der Waals surface area (Å²) in [5, 5.41) is 9.77. The van der Waals surface area contributed by atoms with Crippen molar-refractivity contribution >= 4 is 16.9 Å². The van der Waals surface area contributed by atoms with Gasteiger partial charge in [-0.3, -0.25) is 0 Å². The van der Waals surface area contributed by atoms with Crippen molar-refractivity contribution in [1.82, 2.24) is 4.98 Å². The smallest absolute Gasteiger partial charge is 0.352 e. The summed E-state index contributed by atoms with van der Waals surface area (Å²) in [5.74, 6) is -0.214. The molecule has 0 amide bonds. The summed E-state index contributed by atoms with van der Waals surface area (Å²) < 4.78 is 10.9. The first-order chi connectivity index (χ1) is 9.06. The van der Waals surface area contributed by atoms with Gasteiger partial charge in [-0.05, 0) is 24.3 Å². The van der Waals surface area contributed by atoms with Gasteiger partial charge in [0.25, 0.3) is 0 Å². The number of aromatic nitrogens is 1. The lowest BCUT2D eigenvalue weighted by atomic mass is 9.90. The second-order valence-corrected chi connectivity index (χ2v) is 5.33. The number of fused-ring (bicyclic) bond motifs is 1. The molecular weight excluding hydrogens is 246 g/mol. The van der Waals surface area contributed by atoms with E-state index in [4.69, 9.17) is 14.6 Å². The molecule has 0 atom stereocenters. The van der Waals surface area contributed by atoms with Gasteiger partial charge in [0.15, 0.2) is 0 Å². The molecule has 2 aromatic rings. The molecule has 1 aromatic heterocycles. The van der Waals surface area contributed by atoms with Gasteiger partial charge < -0.3 is 19.6 Å². The largest absolute Gasteiger partial charge is 0.493 e. The molecular formula is C14H15NO4. The maximum atomic E-state index is 10.9. The van der Waals surface area contributed by atoms with Crippen LogP contribution in [0.5, 0.6) is 5.75 Å². The van der Waals surface area contributed by atoms with Crippen molar-refractivity contribution in [3.63, 3.8) is 0 Å². The van der Waals surface area contributed by atoms with E-state index in [1.807, 2.05) is 18.2 Å². The van der Waals surface area contributed by atoms with Crippen molar-refractivity contribution in [3.05, 3.63) is 30.0 Å². The minimum absolute atomic E-state index is 0.0966. The second kappa shape index (κ2) is 4.28. The molecule has 1 aliphatic rings. The minimum atomic E-state index is -0.960. The summed E-state index contributed by atoms with van der Waals surface area (Å²) in [5.41, 5.74) is 1.08. The average Bonchev–Trinajstić information content (AvgIpc) is 2.77. The summed E-state index contributed by atoms with van der Waals surface area (Å²) in [7, 11) is 0. The molecule has 100 valence electrons. The first-order valence-corrected chi connectivity index (χ1v) is 6.12. The molecule has 1 saturated heterocycles. The van der Waals surface area contributed by atoms with E-state index in [0.29, 0.717) is 6.61 Å². The molecule has 2 heterocycles. The lowest BCUT2D eigenvalue weighted by Crippen LogP contribution is -2.44. The van der Waals surface area contributed by atoms with Crippen LogP contribution < -0.4 is 4.74 Å². The van der Waals surface area contributed by atoms with Crippen molar-refractivity contribution in [3.8, 4) is 5.75 Å². The molecule has 0 radical (unpaired) electrons. The van der Waals surface area contributed by atoms with Crippen LogP contribution >= 0.6 is 0 Å². The molecule has 1 aliphatic heterocycles. The van der Waals surface area contributed by atoms with Crippen molar-refractivity contribution in [2.45, 2.75) is 6.92 Å². The van der Waals surface area contributed by atoms with Crippen LogP contribution in [0.1, 0.15) is 17.4 Å². The Morgan fingerprint density at radius 1 is 1.47 bits per heavy atom. The van der Waals surface area contributed by atoms with Crippen molar-refractivity contribution in [2.75, 3.05) is 19.8 Å². The highest BCUT2D eigenvalue weighted by atomic mass is 16.5. The zero-order valence-electron chi connectivity index (χ0n) is 10.6. The highest BCUT2D eigenvalue weighted by Gasteiger charge is 2.34. The Morgan fingerprint density at radius 3 is 2.89 bits per heavy atom. The van der Waals surface area contributed by atoms with Gasteiger partial charge in [-0.1, -0.05) is 6.92 Å². The standard InChI is InChI=1S/C14H15NO4/c1-14(6-18-7-14)8-19-10-2-3-11-9(4-10)5-12(15-11)13(16)17/h2-5,15H,6-8H2,1H3,(H,16,17). The molecule has 5 heteroatoms. The lowest BCUT2D eigenvalue weighted by Gasteiger charge is -2.37. The van der Waals surface area contributed by atoms with E-state index in [2.05, 4.69) is 11.9 Å². The number of hydrogen-bond acceptors (Lipinski definition) is 3. The second-order valence-electron chi connectivity index (χ2n) is 5.33. The number of benzene rings is 1. The van der Waals surface area contributed by atoms with Gasteiger partial charge in [-0.25, -0.2) is 4.79 Å². The summed E-state index contributed by atoms with van der Waals surface area (Å²) in [4.78, 5) is 13.7. The number of carboxylic acids is 1. The van der Waals surface area contributed by atoms with E-state index in [0.717, 1.165) is 29.9 Å². The van der Waals surface area contributed by atoms with Crippen molar-refractivity contribution in [2.24, 2.45) is 5.41 Å². The number of rotatable bonds is 4. The normalized spacial score (nSPS) is 17.1. The lowest BCUT2D eigenvalue weighted by molar-refractivity contribution is -0.120. The first kappa shape index (κ1) is 12.0. The fraction of sp³-hybridized carbons (Fsp3) is 0.357. The third-order valence-electron chi connectivity index (χ3n) is 3.31. The Balaban J connectivity index is 1.79. The Hall–Kier alpha value is -2.01. The van der Waals surface area contributed by atoms with Crippen LogP contribution in [-0.2, 0) is 4.74 Å². The number of hydrogen-bond donors (Lipinski definition) is 2. The molecule has 19 heavy (non-hydrogen) atoms. The predicted octanol–water partition coefficient (Wildman–Crippen LogP) is 2.28. The Kier molecular flexibility index (Phi) is 2.71. The summed E-state index contributed by atoms with van der Waals surface area (Å²) >= 11 is 0. The number of nitrogens with one attached hydrogen (secondary N) is 1. The van der Waals surface area contributed by atoms with E-state index in [1.54, 1.807) is 6.07 Å². The summed E-state index contributed by atoms with van der Waals surface area (Å²) in [6.07, 6.45) is 0. The maximum absolute atomic E-state index is 10.9. The van der Waals surface area contributed by atoms with Crippen LogP contribution in [0.25, 0.3) is 10.9 Å². The Morgan fingerprint density at radius 2 is 2.26 bits per heavy atom. The number of carbonyl (C=O) groups is 1. The van der Waals surface area contributed by atoms with Crippen LogP contribution in [0.2, 0.25) is 0 Å². The van der Waals surface area contributed by atoms with Crippen molar-refractivity contribution in [1.29, 1.82) is 0 Å². The Labute approximate surface area is 110 Å². The molecule has 0 bridgehead atoms. The zero-order chi connectivity index (χ0) is 13.5. The predicted molar refractivity (Wildman–Crippen MR) is 69.7 cm³/mol. The number of aromatic amines is 1. The Bertz CT molecular complexity index is 627. The molecule has 2 N–H and O–H groups in total. The van der Waals surface area contributed by atoms with Crippen molar-refractivity contribution < 1.29 is 19.4 Å². The molecule has 0 saturated carbocycles. The topological polar surface area (TPSA) is 71.6 Å². The highest BCUT2D eigenvalue weighted by molar-refractivity contribution is 5.94. The van der Waals surface area contributed by atoms with Crippen LogP contribution in [0.3, 0.4) is 0 Å². The number of aromatic carboxylic acids is 1. The van der Waals surface area contributed by atoms with E-state index >= 15 is 0 Å². The fourth-order valence-electron chi connectivity index (χ4n) is 2.11. The maximum Gasteiger partial charge on any atom is 0.352 e. The third kappa shape index (κ3) is 2.29. The van der Waals surface area contributed by atoms with E-state index < -0.39 is 5.97 Å². The molecule has 1 fully saturated rings. The minimum Gasteiger partial charge on any atom is -0.493 e. The van der Waals surface area contributed by atoms with E-state index in [1.165, 1.54) is 0 Å². The van der Waals surface area contributed by atoms with Gasteiger partial charge in [0, 0.05) is 16.3 Å². The fourth-order valence-corrected chi connectivity index (χ4v) is 2.11. The van der Waals surface area contributed by atoms with Gasteiger partial charge in [0.2, 0.25) is 0 Å². The number of H-pyrrole nitrogens is 1. The van der Waals surface area contributed by atoms with E-state index in [-0.39, 0.29) is 11.1 Å². The van der Waals surface area contributed by atoms with Gasteiger partial charge in [0.1, 0.15) is 11.4 Å². The average molecular weight is 261 g/mol. The molecule has 1 aromatic carbocycles. The molecule has 0 unspecified atom stereocenters. The molecule has 0 spiro atoms. The first-order valence-electron chi connectivity index (χ1n) is 6.12. The van der Waals surface area contributed by atoms with Crippen LogP contribution in [0, 0.1) is 5.41 Å². The summed E-state index contributed by atoms with van der Waals surface area (Å²) in [6.45, 7) is 4.17. The molecule has 3 rings (SSSR count). The summed E-state index contributed by atoms with van der Waals surface area (Å²) in [6, 6.07) is 7.13. The number of ether oxygens (including phenoxy) is 2. The SMILES string of the molecule is CC1(COc2ccc3[nH]c(C(=O)O)cc3c2)COC1. The molecule has 5 nitrogen and oxygen atoms in total. The van der Waals surface area contributed by atoms with Gasteiger partial charge >= 0.3 is 5.97 Å². The van der Waals surface area contributed by atoms with Crippen LogP contribution in [0.15, 0.2) is 24.3 Å².